The fourth-order valence-electron chi connectivity index (χ4n) is 2.47. The molecule has 0 aromatic heterocycles. The van der Waals surface area contributed by atoms with Crippen LogP contribution in [0.4, 0.5) is 0 Å². The number of carbonyl (C=O) groups excluding carboxylic acids is 3. The van der Waals surface area contributed by atoms with Gasteiger partial charge in [-0.1, -0.05) is 6.08 Å². The second-order valence-electron chi connectivity index (χ2n) is 5.47. The van der Waals surface area contributed by atoms with Crippen molar-refractivity contribution in [2.45, 2.75) is 50.8 Å². The van der Waals surface area contributed by atoms with Gasteiger partial charge in [0.25, 0.3) is 5.60 Å². The largest absolute Gasteiger partial charge is 0.448 e. The first kappa shape index (κ1) is 15.7. The van der Waals surface area contributed by atoms with Crippen LogP contribution in [0.5, 0.6) is 0 Å². The molecule has 3 atom stereocenters. The van der Waals surface area contributed by atoms with Gasteiger partial charge >= 0.3 is 11.9 Å². The minimum Gasteiger partial charge on any atom is -0.448 e. The summed E-state index contributed by atoms with van der Waals surface area (Å²) in [6.45, 7) is 8.10. The minimum absolute atomic E-state index is 0.112. The van der Waals surface area contributed by atoms with Crippen molar-refractivity contribution in [1.29, 1.82) is 0 Å². The average molecular weight is 298 g/mol. The normalized spacial score (nSPS) is 34.6. The Bertz CT molecular complexity index is 496. The third kappa shape index (κ3) is 2.71. The van der Waals surface area contributed by atoms with Crippen LogP contribution in [0.1, 0.15) is 27.2 Å². The minimum atomic E-state index is -1.96. The Morgan fingerprint density at radius 1 is 1.48 bits per heavy atom. The predicted octanol–water partition coefficient (Wildman–Crippen LogP) is 0.510. The fourth-order valence-corrected chi connectivity index (χ4v) is 2.47. The highest BCUT2D eigenvalue weighted by atomic mass is 16.8. The van der Waals surface area contributed by atoms with Crippen molar-refractivity contribution in [1.82, 2.24) is 0 Å². The molecule has 7 nitrogen and oxygen atoms in total. The highest BCUT2D eigenvalue weighted by Gasteiger charge is 2.62. The summed E-state index contributed by atoms with van der Waals surface area (Å²) in [6.07, 6.45) is -0.685. The summed E-state index contributed by atoms with van der Waals surface area (Å²) in [5.41, 5.74) is -1.96. The molecule has 0 amide bonds. The molecule has 2 heterocycles. The van der Waals surface area contributed by atoms with Gasteiger partial charge in [0.15, 0.2) is 11.9 Å². The van der Waals surface area contributed by atoms with E-state index in [1.807, 2.05) is 0 Å². The van der Waals surface area contributed by atoms with E-state index in [2.05, 4.69) is 6.58 Å². The summed E-state index contributed by atoms with van der Waals surface area (Å²) < 4.78 is 21.0. The standard InChI is InChI=1S/C14H18O7/c1-5-6-14(20-8(2)15)11(16)10(19-12(14)17)9-7-18-13(3,4)21-9/h5,9-10H,1,6-7H2,2-4H3/t9-,10+,14-/m0/s1. The summed E-state index contributed by atoms with van der Waals surface area (Å²) in [5.74, 6) is -3.15. The second kappa shape index (κ2) is 5.23. The Morgan fingerprint density at radius 2 is 2.14 bits per heavy atom. The van der Waals surface area contributed by atoms with Gasteiger partial charge in [-0.2, -0.15) is 0 Å². The first-order valence-electron chi connectivity index (χ1n) is 6.59. The molecule has 7 heteroatoms. The van der Waals surface area contributed by atoms with E-state index in [4.69, 9.17) is 18.9 Å². The highest BCUT2D eigenvalue weighted by molar-refractivity contribution is 6.15. The van der Waals surface area contributed by atoms with Crippen molar-refractivity contribution in [3.8, 4) is 0 Å². The molecule has 0 N–H and O–H groups in total. The number of cyclic esters (lactones) is 1. The molecule has 2 fully saturated rings. The van der Waals surface area contributed by atoms with Gasteiger partial charge in [0.2, 0.25) is 5.78 Å². The molecule has 0 unspecified atom stereocenters. The molecule has 0 saturated carbocycles. The molecule has 2 aliphatic rings. The lowest BCUT2D eigenvalue weighted by molar-refractivity contribution is -0.174. The highest BCUT2D eigenvalue weighted by Crippen LogP contribution is 2.35. The second-order valence-corrected chi connectivity index (χ2v) is 5.47. The zero-order valence-corrected chi connectivity index (χ0v) is 12.2. The average Bonchev–Trinajstić information content (AvgIpc) is 2.83. The van der Waals surface area contributed by atoms with Gasteiger partial charge in [-0.15, -0.1) is 6.58 Å². The molecule has 21 heavy (non-hydrogen) atoms. The molecule has 2 aliphatic heterocycles. The van der Waals surface area contributed by atoms with Crippen molar-refractivity contribution < 1.29 is 33.3 Å². The van der Waals surface area contributed by atoms with Crippen molar-refractivity contribution in [3.05, 3.63) is 12.7 Å². The smallest absolute Gasteiger partial charge is 0.359 e. The Labute approximate surface area is 122 Å². The van der Waals surface area contributed by atoms with Crippen LogP contribution < -0.4 is 0 Å². The Hall–Kier alpha value is -1.73. The molecule has 116 valence electrons. The monoisotopic (exact) mass is 298 g/mol. The Kier molecular flexibility index (Phi) is 3.90. The van der Waals surface area contributed by atoms with Crippen LogP contribution in [0, 0.1) is 0 Å². The van der Waals surface area contributed by atoms with E-state index in [-0.39, 0.29) is 13.0 Å². The van der Waals surface area contributed by atoms with Gasteiger partial charge in [0, 0.05) is 13.3 Å². The van der Waals surface area contributed by atoms with Gasteiger partial charge < -0.3 is 18.9 Å². The lowest BCUT2D eigenvalue weighted by atomic mass is 9.92. The number of hydrogen-bond donors (Lipinski definition) is 0. The number of esters is 2. The summed E-state index contributed by atoms with van der Waals surface area (Å²) in [4.78, 5) is 35.9. The van der Waals surface area contributed by atoms with Gasteiger partial charge in [-0.25, -0.2) is 4.79 Å². The molecular formula is C14H18O7. The van der Waals surface area contributed by atoms with Crippen LogP contribution in [0.2, 0.25) is 0 Å². The van der Waals surface area contributed by atoms with Crippen molar-refractivity contribution in [2.75, 3.05) is 6.61 Å². The zero-order valence-electron chi connectivity index (χ0n) is 12.2. The third-order valence-electron chi connectivity index (χ3n) is 3.34. The van der Waals surface area contributed by atoms with Crippen LogP contribution in [-0.4, -0.2) is 47.9 Å². The van der Waals surface area contributed by atoms with E-state index in [9.17, 15) is 14.4 Å². The first-order chi connectivity index (χ1) is 9.72. The van der Waals surface area contributed by atoms with Crippen LogP contribution in [0.3, 0.4) is 0 Å². The molecule has 2 saturated heterocycles. The number of rotatable bonds is 4. The van der Waals surface area contributed by atoms with E-state index >= 15 is 0 Å². The molecular weight excluding hydrogens is 280 g/mol. The summed E-state index contributed by atoms with van der Waals surface area (Å²) in [6, 6.07) is 0. The van der Waals surface area contributed by atoms with E-state index in [1.165, 1.54) is 6.08 Å². The van der Waals surface area contributed by atoms with E-state index in [0.29, 0.717) is 0 Å². The van der Waals surface area contributed by atoms with E-state index < -0.39 is 41.3 Å². The molecule has 0 aromatic rings. The quantitative estimate of drug-likeness (QED) is 0.424. The summed E-state index contributed by atoms with van der Waals surface area (Å²) >= 11 is 0. The zero-order chi connectivity index (χ0) is 15.8. The van der Waals surface area contributed by atoms with Gasteiger partial charge in [-0.3, -0.25) is 9.59 Å². The van der Waals surface area contributed by atoms with Gasteiger partial charge in [-0.05, 0) is 13.8 Å². The lowest BCUT2D eigenvalue weighted by Crippen LogP contribution is -2.48. The van der Waals surface area contributed by atoms with Crippen LogP contribution in [0.15, 0.2) is 12.7 Å². The van der Waals surface area contributed by atoms with Crippen molar-refractivity contribution in [2.24, 2.45) is 0 Å². The van der Waals surface area contributed by atoms with Crippen LogP contribution in [-0.2, 0) is 33.3 Å². The van der Waals surface area contributed by atoms with Crippen molar-refractivity contribution >= 4 is 17.7 Å². The number of Topliss-reactive ketones (excluding diaryl/α,β-unsaturated/α-hetero) is 1. The van der Waals surface area contributed by atoms with E-state index in [0.717, 1.165) is 6.92 Å². The van der Waals surface area contributed by atoms with Crippen LogP contribution in [0.25, 0.3) is 0 Å². The molecule has 0 spiro atoms. The van der Waals surface area contributed by atoms with E-state index in [1.54, 1.807) is 13.8 Å². The fraction of sp³-hybridized carbons (Fsp3) is 0.643. The van der Waals surface area contributed by atoms with Gasteiger partial charge in [0.1, 0.15) is 6.10 Å². The predicted molar refractivity (Wildman–Crippen MR) is 69.1 cm³/mol. The maximum Gasteiger partial charge on any atom is 0.359 e. The number of hydrogen-bond acceptors (Lipinski definition) is 7. The molecule has 0 aromatic carbocycles. The molecule has 0 aliphatic carbocycles. The van der Waals surface area contributed by atoms with Crippen LogP contribution >= 0.6 is 0 Å². The summed E-state index contributed by atoms with van der Waals surface area (Å²) in [5, 5.41) is 0. The first-order valence-corrected chi connectivity index (χ1v) is 6.59. The summed E-state index contributed by atoms with van der Waals surface area (Å²) in [7, 11) is 0. The number of ketones is 1. The topological polar surface area (TPSA) is 88.1 Å². The number of ether oxygens (including phenoxy) is 4. The SMILES string of the molecule is C=CC[C@@]1(OC(C)=O)C(=O)O[C@H]([C@@H]2COC(C)(C)O2)C1=O. The maximum absolute atomic E-state index is 12.6. The molecule has 0 radical (unpaired) electrons. The molecule has 2 rings (SSSR count). The molecule has 0 bridgehead atoms. The van der Waals surface area contributed by atoms with Gasteiger partial charge in [0.05, 0.1) is 6.61 Å². The van der Waals surface area contributed by atoms with Crippen molar-refractivity contribution in [3.63, 3.8) is 0 Å². The maximum atomic E-state index is 12.6. The third-order valence-corrected chi connectivity index (χ3v) is 3.34. The Balaban J connectivity index is 2.26. The number of carbonyl (C=O) groups is 3. The lowest BCUT2D eigenvalue weighted by Gasteiger charge is -2.22. The Morgan fingerprint density at radius 3 is 2.62 bits per heavy atom.